The van der Waals surface area contributed by atoms with Crippen molar-refractivity contribution < 1.29 is 5.11 Å². The van der Waals surface area contributed by atoms with Gasteiger partial charge in [-0.3, -0.25) is 4.68 Å². The van der Waals surface area contributed by atoms with Gasteiger partial charge in [0.25, 0.3) is 0 Å². The minimum Gasteiger partial charge on any atom is -0.393 e. The molecule has 1 heterocycles. The van der Waals surface area contributed by atoms with Crippen molar-refractivity contribution >= 4 is 11.6 Å². The molecule has 0 bridgehead atoms. The van der Waals surface area contributed by atoms with Crippen LogP contribution in [0.2, 0.25) is 5.02 Å². The number of aliphatic hydroxyl groups is 1. The van der Waals surface area contributed by atoms with E-state index in [0.29, 0.717) is 11.4 Å². The number of aliphatic hydroxyl groups excluding tert-OH is 1. The zero-order valence-corrected chi connectivity index (χ0v) is 12.2. The summed E-state index contributed by atoms with van der Waals surface area (Å²) in [6, 6.07) is 0. The van der Waals surface area contributed by atoms with Gasteiger partial charge in [0.15, 0.2) is 0 Å². The maximum Gasteiger partial charge on any atom is 0.0848 e. The molecule has 1 aromatic heterocycles. The average molecular weight is 259 g/mol. The minimum atomic E-state index is -0.367. The zero-order valence-electron chi connectivity index (χ0n) is 11.4. The van der Waals surface area contributed by atoms with E-state index >= 15 is 0 Å². The summed E-state index contributed by atoms with van der Waals surface area (Å²) in [5, 5.41) is 15.1. The summed E-state index contributed by atoms with van der Waals surface area (Å²) >= 11 is 6.21. The van der Waals surface area contributed by atoms with Crippen LogP contribution in [-0.4, -0.2) is 21.0 Å². The van der Waals surface area contributed by atoms with Gasteiger partial charge in [-0.1, -0.05) is 32.4 Å². The Morgan fingerprint density at radius 1 is 1.41 bits per heavy atom. The van der Waals surface area contributed by atoms with Crippen molar-refractivity contribution in [3.05, 3.63) is 16.4 Å². The summed E-state index contributed by atoms with van der Waals surface area (Å²) < 4.78 is 1.88. The first kappa shape index (κ1) is 14.5. The Balaban J connectivity index is 2.80. The fourth-order valence-electron chi connectivity index (χ4n) is 2.07. The molecule has 0 aliphatic heterocycles. The van der Waals surface area contributed by atoms with E-state index in [2.05, 4.69) is 25.9 Å². The zero-order chi connectivity index (χ0) is 13.2. The minimum absolute atomic E-state index is 0.123. The lowest BCUT2D eigenvalue weighted by molar-refractivity contribution is 0.119. The SMILES string of the molecule is CCn1nc(C)c(Cl)c1CC(O)CC(C)(C)C. The van der Waals surface area contributed by atoms with E-state index in [1.54, 1.807) is 0 Å². The summed E-state index contributed by atoms with van der Waals surface area (Å²) in [4.78, 5) is 0. The summed E-state index contributed by atoms with van der Waals surface area (Å²) in [7, 11) is 0. The van der Waals surface area contributed by atoms with Crippen molar-refractivity contribution in [3.63, 3.8) is 0 Å². The first-order chi connectivity index (χ1) is 7.74. The summed E-state index contributed by atoms with van der Waals surface area (Å²) in [5.41, 5.74) is 1.91. The molecule has 0 aromatic carbocycles. The Morgan fingerprint density at radius 3 is 2.47 bits per heavy atom. The predicted octanol–water partition coefficient (Wildman–Crippen LogP) is 3.20. The number of rotatable bonds is 4. The van der Waals surface area contributed by atoms with Gasteiger partial charge in [-0.25, -0.2) is 0 Å². The van der Waals surface area contributed by atoms with Crippen LogP contribution in [0.15, 0.2) is 0 Å². The molecule has 0 aliphatic carbocycles. The first-order valence-corrected chi connectivity index (χ1v) is 6.52. The van der Waals surface area contributed by atoms with E-state index in [9.17, 15) is 5.11 Å². The van der Waals surface area contributed by atoms with Crippen LogP contribution >= 0.6 is 11.6 Å². The van der Waals surface area contributed by atoms with E-state index in [4.69, 9.17) is 11.6 Å². The second-order valence-corrected chi connectivity index (χ2v) is 6.16. The predicted molar refractivity (Wildman–Crippen MR) is 71.4 cm³/mol. The standard InChI is InChI=1S/C13H23ClN2O/c1-6-16-11(12(14)9(2)15-16)7-10(17)8-13(3,4)5/h10,17H,6-8H2,1-5H3. The van der Waals surface area contributed by atoms with Crippen LogP contribution in [0.4, 0.5) is 0 Å². The highest BCUT2D eigenvalue weighted by Gasteiger charge is 2.21. The van der Waals surface area contributed by atoms with Gasteiger partial charge in [-0.05, 0) is 25.7 Å². The van der Waals surface area contributed by atoms with Gasteiger partial charge in [0, 0.05) is 13.0 Å². The summed E-state index contributed by atoms with van der Waals surface area (Å²) in [6.45, 7) is 11.1. The van der Waals surface area contributed by atoms with Crippen LogP contribution in [0, 0.1) is 12.3 Å². The fourth-order valence-corrected chi connectivity index (χ4v) is 2.28. The number of aromatic nitrogens is 2. The normalized spacial score (nSPS) is 14.1. The lowest BCUT2D eigenvalue weighted by Gasteiger charge is -2.22. The molecule has 17 heavy (non-hydrogen) atoms. The van der Waals surface area contributed by atoms with E-state index in [1.165, 1.54) is 0 Å². The maximum absolute atomic E-state index is 10.1. The number of aryl methyl sites for hydroxylation is 2. The Morgan fingerprint density at radius 2 is 2.00 bits per heavy atom. The van der Waals surface area contributed by atoms with E-state index in [0.717, 1.165) is 24.4 Å². The topological polar surface area (TPSA) is 38.0 Å². The van der Waals surface area contributed by atoms with E-state index < -0.39 is 0 Å². The Kier molecular flexibility index (Phi) is 4.62. The largest absolute Gasteiger partial charge is 0.393 e. The molecule has 3 nitrogen and oxygen atoms in total. The average Bonchev–Trinajstić information content (AvgIpc) is 2.42. The van der Waals surface area contributed by atoms with Crippen LogP contribution in [0.25, 0.3) is 0 Å². The van der Waals surface area contributed by atoms with Gasteiger partial charge < -0.3 is 5.11 Å². The van der Waals surface area contributed by atoms with Gasteiger partial charge in [0.1, 0.15) is 0 Å². The highest BCUT2D eigenvalue weighted by Crippen LogP contribution is 2.26. The third kappa shape index (κ3) is 4.00. The van der Waals surface area contributed by atoms with Gasteiger partial charge in [0.2, 0.25) is 0 Å². The third-order valence-electron chi connectivity index (χ3n) is 2.73. The van der Waals surface area contributed by atoms with Crippen molar-refractivity contribution in [1.82, 2.24) is 9.78 Å². The fraction of sp³-hybridized carbons (Fsp3) is 0.769. The van der Waals surface area contributed by atoms with Crippen LogP contribution in [0.1, 0.15) is 45.5 Å². The second kappa shape index (κ2) is 5.40. The van der Waals surface area contributed by atoms with Crippen LogP contribution in [0.5, 0.6) is 0 Å². The highest BCUT2D eigenvalue weighted by atomic mass is 35.5. The Hall–Kier alpha value is -0.540. The molecule has 0 spiro atoms. The molecule has 1 aromatic rings. The first-order valence-electron chi connectivity index (χ1n) is 6.14. The van der Waals surface area contributed by atoms with E-state index in [1.807, 2.05) is 18.5 Å². The van der Waals surface area contributed by atoms with E-state index in [-0.39, 0.29) is 11.5 Å². The Labute approximate surface area is 109 Å². The molecule has 1 unspecified atom stereocenters. The third-order valence-corrected chi connectivity index (χ3v) is 3.22. The molecule has 0 saturated carbocycles. The van der Waals surface area contributed by atoms with Crippen LogP contribution in [-0.2, 0) is 13.0 Å². The van der Waals surface area contributed by atoms with Crippen LogP contribution < -0.4 is 0 Å². The smallest absolute Gasteiger partial charge is 0.0848 e. The highest BCUT2D eigenvalue weighted by molar-refractivity contribution is 6.31. The number of nitrogens with zero attached hydrogens (tertiary/aromatic N) is 2. The lowest BCUT2D eigenvalue weighted by atomic mass is 9.88. The second-order valence-electron chi connectivity index (χ2n) is 5.78. The molecule has 0 amide bonds. The van der Waals surface area contributed by atoms with Crippen molar-refractivity contribution in [2.75, 3.05) is 0 Å². The van der Waals surface area contributed by atoms with Crippen molar-refractivity contribution in [2.45, 2.75) is 60.1 Å². The van der Waals surface area contributed by atoms with Crippen molar-refractivity contribution in [1.29, 1.82) is 0 Å². The molecule has 98 valence electrons. The van der Waals surface area contributed by atoms with Gasteiger partial charge in [-0.15, -0.1) is 0 Å². The molecule has 4 heteroatoms. The quantitative estimate of drug-likeness (QED) is 0.901. The lowest BCUT2D eigenvalue weighted by Crippen LogP contribution is -2.21. The molecule has 0 fully saturated rings. The van der Waals surface area contributed by atoms with Crippen molar-refractivity contribution in [3.8, 4) is 0 Å². The number of halogens is 1. The van der Waals surface area contributed by atoms with Gasteiger partial charge in [0.05, 0.1) is 22.5 Å². The molecular weight excluding hydrogens is 236 g/mol. The molecular formula is C13H23ClN2O. The Bertz CT molecular complexity index is 380. The van der Waals surface area contributed by atoms with Crippen LogP contribution in [0.3, 0.4) is 0 Å². The van der Waals surface area contributed by atoms with Crippen molar-refractivity contribution in [2.24, 2.45) is 5.41 Å². The summed E-state index contributed by atoms with van der Waals surface area (Å²) in [5.74, 6) is 0. The maximum atomic E-state index is 10.1. The molecule has 1 atom stereocenters. The number of hydrogen-bond acceptors (Lipinski definition) is 2. The molecule has 1 rings (SSSR count). The molecule has 0 aliphatic rings. The molecule has 0 radical (unpaired) electrons. The number of hydrogen-bond donors (Lipinski definition) is 1. The van der Waals surface area contributed by atoms with Gasteiger partial charge in [-0.2, -0.15) is 5.10 Å². The van der Waals surface area contributed by atoms with Gasteiger partial charge >= 0.3 is 0 Å². The molecule has 0 saturated heterocycles. The summed E-state index contributed by atoms with van der Waals surface area (Å²) in [6.07, 6.45) is 0.969. The monoisotopic (exact) mass is 258 g/mol. The molecule has 1 N–H and O–H groups in total.